The summed E-state index contributed by atoms with van der Waals surface area (Å²) in [6, 6.07) is 11.3. The molecule has 3 rings (SSSR count). The van der Waals surface area contributed by atoms with Gasteiger partial charge in [-0.15, -0.1) is 0 Å². The Balaban J connectivity index is 1.65. The molecule has 0 fully saturated rings. The van der Waals surface area contributed by atoms with Crippen molar-refractivity contribution in [2.75, 3.05) is 0 Å². The second kappa shape index (κ2) is 7.59. The third kappa shape index (κ3) is 4.01. The van der Waals surface area contributed by atoms with E-state index in [2.05, 4.69) is 31.2 Å². The first kappa shape index (κ1) is 16.7. The molecule has 0 aliphatic rings. The summed E-state index contributed by atoms with van der Waals surface area (Å²) >= 11 is 8.53. The summed E-state index contributed by atoms with van der Waals surface area (Å²) in [5.74, 6) is 2.88. The Morgan fingerprint density at radius 1 is 1.33 bits per heavy atom. The largest absolute Gasteiger partial charge is 0.486 e. The molecule has 0 amide bonds. The highest BCUT2D eigenvalue weighted by Gasteiger charge is 2.04. The Morgan fingerprint density at radius 2 is 2.12 bits per heavy atom. The van der Waals surface area contributed by atoms with Crippen LogP contribution in [0.1, 0.15) is 24.3 Å². The number of aromatic nitrogens is 3. The summed E-state index contributed by atoms with van der Waals surface area (Å²) in [6.07, 6.45) is 2.34. The number of H-pyrrole nitrogens is 1. The molecule has 6 nitrogen and oxygen atoms in total. The van der Waals surface area contributed by atoms with Crippen molar-refractivity contribution in [3.8, 4) is 5.75 Å². The van der Waals surface area contributed by atoms with Crippen LogP contribution < -0.4 is 4.74 Å². The number of benzene rings is 1. The van der Waals surface area contributed by atoms with E-state index in [9.17, 15) is 0 Å². The van der Waals surface area contributed by atoms with Crippen LogP contribution >= 0.6 is 28.1 Å². The molecule has 8 heteroatoms. The lowest BCUT2D eigenvalue weighted by Gasteiger charge is -2.03. The highest BCUT2D eigenvalue weighted by molar-refractivity contribution is 9.10. The molecule has 0 radical (unpaired) electrons. The van der Waals surface area contributed by atoms with Gasteiger partial charge in [-0.2, -0.15) is 14.9 Å². The molecule has 0 aliphatic carbocycles. The van der Waals surface area contributed by atoms with Crippen molar-refractivity contribution >= 4 is 34.4 Å². The molecule has 1 N–H and O–H groups in total. The monoisotopic (exact) mass is 406 g/mol. The third-order valence-electron chi connectivity index (χ3n) is 3.21. The van der Waals surface area contributed by atoms with Gasteiger partial charge in [0.2, 0.25) is 4.77 Å². The minimum atomic E-state index is 0.348. The quantitative estimate of drug-likeness (QED) is 0.488. The number of furan rings is 1. The number of hydrogen-bond donors (Lipinski definition) is 1. The first-order valence-electron chi connectivity index (χ1n) is 7.33. The lowest BCUT2D eigenvalue weighted by atomic mass is 10.3. The van der Waals surface area contributed by atoms with E-state index in [1.54, 1.807) is 10.9 Å². The number of nitrogens with zero attached hydrogens (tertiary/aromatic N) is 3. The number of ether oxygens (including phenoxy) is 1. The number of halogens is 1. The van der Waals surface area contributed by atoms with E-state index in [1.165, 1.54) is 0 Å². The van der Waals surface area contributed by atoms with Crippen molar-refractivity contribution in [1.82, 2.24) is 14.9 Å². The summed E-state index contributed by atoms with van der Waals surface area (Å²) in [5.41, 5.74) is 0. The number of aromatic amines is 1. The SMILES string of the molecule is CCc1n[nH]c(=S)n1/N=C\c1ccc(COc2ccc(Br)cc2)o1. The van der Waals surface area contributed by atoms with Gasteiger partial charge in [0.05, 0.1) is 6.21 Å². The van der Waals surface area contributed by atoms with Gasteiger partial charge in [-0.25, -0.2) is 0 Å². The number of rotatable bonds is 6. The molecular formula is C16H15BrN4O2S. The van der Waals surface area contributed by atoms with Crippen LogP contribution in [0.3, 0.4) is 0 Å². The Kier molecular flexibility index (Phi) is 5.27. The van der Waals surface area contributed by atoms with Gasteiger partial charge >= 0.3 is 0 Å². The van der Waals surface area contributed by atoms with E-state index >= 15 is 0 Å². The van der Waals surface area contributed by atoms with Gasteiger partial charge < -0.3 is 9.15 Å². The standard InChI is InChI=1S/C16H15BrN4O2S/c1-2-15-19-20-16(24)21(15)18-9-13-7-8-14(23-13)10-22-12-5-3-11(17)4-6-12/h3-9H,2,10H2,1H3,(H,20,24)/b18-9-. The number of nitrogens with one attached hydrogen (secondary N) is 1. The van der Waals surface area contributed by atoms with Crippen LogP contribution in [-0.2, 0) is 13.0 Å². The summed E-state index contributed by atoms with van der Waals surface area (Å²) in [5, 5.41) is 11.1. The van der Waals surface area contributed by atoms with E-state index in [0.29, 0.717) is 22.9 Å². The Bertz CT molecular complexity index is 895. The summed E-state index contributed by atoms with van der Waals surface area (Å²) in [6.45, 7) is 2.34. The zero-order valence-electron chi connectivity index (χ0n) is 12.9. The van der Waals surface area contributed by atoms with Gasteiger partial charge in [-0.05, 0) is 48.6 Å². The zero-order chi connectivity index (χ0) is 16.9. The maximum absolute atomic E-state index is 5.68. The van der Waals surface area contributed by atoms with Gasteiger partial charge in [0.15, 0.2) is 5.82 Å². The minimum absolute atomic E-state index is 0.348. The van der Waals surface area contributed by atoms with Crippen LogP contribution in [0.2, 0.25) is 0 Å². The highest BCUT2D eigenvalue weighted by atomic mass is 79.9. The molecule has 0 unspecified atom stereocenters. The van der Waals surface area contributed by atoms with Crippen LogP contribution in [0, 0.1) is 4.77 Å². The van der Waals surface area contributed by atoms with Gasteiger partial charge in [-0.3, -0.25) is 5.10 Å². The van der Waals surface area contributed by atoms with Crippen LogP contribution in [-0.4, -0.2) is 21.1 Å². The predicted octanol–water partition coefficient (Wildman–Crippen LogP) is 4.32. The Labute approximate surface area is 152 Å². The molecule has 0 bridgehead atoms. The fourth-order valence-corrected chi connectivity index (χ4v) is 2.48. The second-order valence-electron chi connectivity index (χ2n) is 4.90. The summed E-state index contributed by atoms with van der Waals surface area (Å²) in [4.78, 5) is 0. The van der Waals surface area contributed by atoms with Gasteiger partial charge in [-0.1, -0.05) is 22.9 Å². The molecule has 0 atom stereocenters. The molecule has 2 heterocycles. The minimum Gasteiger partial charge on any atom is -0.486 e. The van der Waals surface area contributed by atoms with Gasteiger partial charge in [0.25, 0.3) is 0 Å². The van der Waals surface area contributed by atoms with E-state index in [4.69, 9.17) is 21.4 Å². The van der Waals surface area contributed by atoms with E-state index < -0.39 is 0 Å². The fourth-order valence-electron chi connectivity index (χ4n) is 2.01. The molecule has 1 aromatic carbocycles. The molecule has 0 aliphatic heterocycles. The lowest BCUT2D eigenvalue weighted by molar-refractivity contribution is 0.270. The average molecular weight is 407 g/mol. The van der Waals surface area contributed by atoms with Crippen molar-refractivity contribution in [2.24, 2.45) is 5.10 Å². The zero-order valence-corrected chi connectivity index (χ0v) is 15.3. The van der Waals surface area contributed by atoms with Crippen molar-refractivity contribution in [3.05, 3.63) is 63.0 Å². The molecule has 3 aromatic rings. The van der Waals surface area contributed by atoms with Crippen LogP contribution in [0.4, 0.5) is 0 Å². The first-order valence-corrected chi connectivity index (χ1v) is 8.53. The van der Waals surface area contributed by atoms with Crippen LogP contribution in [0.5, 0.6) is 5.75 Å². The normalized spacial score (nSPS) is 11.2. The molecule has 124 valence electrons. The Morgan fingerprint density at radius 3 is 2.88 bits per heavy atom. The smallest absolute Gasteiger partial charge is 0.216 e. The molecule has 24 heavy (non-hydrogen) atoms. The summed E-state index contributed by atoms with van der Waals surface area (Å²) < 4.78 is 14.4. The van der Waals surface area contributed by atoms with Crippen LogP contribution in [0.15, 0.2) is 50.4 Å². The maximum atomic E-state index is 5.68. The van der Waals surface area contributed by atoms with Crippen molar-refractivity contribution in [1.29, 1.82) is 0 Å². The first-order chi connectivity index (χ1) is 11.7. The van der Waals surface area contributed by atoms with Crippen LogP contribution in [0.25, 0.3) is 0 Å². The van der Waals surface area contributed by atoms with E-state index in [-0.39, 0.29) is 0 Å². The highest BCUT2D eigenvalue weighted by Crippen LogP contribution is 2.18. The molecule has 0 saturated carbocycles. The van der Waals surface area contributed by atoms with Gasteiger partial charge in [0.1, 0.15) is 23.9 Å². The van der Waals surface area contributed by atoms with Gasteiger partial charge in [0, 0.05) is 10.9 Å². The molecule has 0 saturated heterocycles. The topological polar surface area (TPSA) is 68.3 Å². The number of hydrogen-bond acceptors (Lipinski definition) is 5. The predicted molar refractivity (Wildman–Crippen MR) is 97.0 cm³/mol. The Hall–Kier alpha value is -2.19. The molecule has 2 aromatic heterocycles. The summed E-state index contributed by atoms with van der Waals surface area (Å²) in [7, 11) is 0. The van der Waals surface area contributed by atoms with Crippen molar-refractivity contribution in [2.45, 2.75) is 20.0 Å². The van der Waals surface area contributed by atoms with E-state index in [0.717, 1.165) is 22.5 Å². The van der Waals surface area contributed by atoms with Crippen molar-refractivity contribution in [3.63, 3.8) is 0 Å². The second-order valence-corrected chi connectivity index (χ2v) is 6.20. The maximum Gasteiger partial charge on any atom is 0.216 e. The van der Waals surface area contributed by atoms with E-state index in [1.807, 2.05) is 43.3 Å². The third-order valence-corrected chi connectivity index (χ3v) is 4.00. The average Bonchev–Trinajstić information content (AvgIpc) is 3.18. The van der Waals surface area contributed by atoms with Crippen molar-refractivity contribution < 1.29 is 9.15 Å². The fraction of sp³-hybridized carbons (Fsp3) is 0.188. The number of aryl methyl sites for hydroxylation is 1. The lowest BCUT2D eigenvalue weighted by Crippen LogP contribution is -1.97. The molecular weight excluding hydrogens is 392 g/mol. The molecule has 0 spiro atoms.